The molecule has 0 atom stereocenters. The number of amides is 1. The zero-order valence-corrected chi connectivity index (χ0v) is 18.1. The number of fused-ring (bicyclic) bond motifs is 1. The Morgan fingerprint density at radius 2 is 1.87 bits per heavy atom. The molecule has 6 nitrogen and oxygen atoms in total. The fourth-order valence-corrected chi connectivity index (χ4v) is 4.04. The molecule has 0 aliphatic carbocycles. The van der Waals surface area contributed by atoms with Gasteiger partial charge in [-0.25, -0.2) is 4.79 Å². The number of hydrogen-bond donors (Lipinski definition) is 1. The average molecular weight is 471 g/mol. The van der Waals surface area contributed by atoms with Crippen LogP contribution in [0.15, 0.2) is 63.7 Å². The van der Waals surface area contributed by atoms with E-state index in [1.54, 1.807) is 12.3 Å². The number of halogens is 1. The Kier molecular flexibility index (Phi) is 6.50. The number of ketones is 1. The van der Waals surface area contributed by atoms with Crippen LogP contribution in [0, 0.1) is 5.92 Å². The summed E-state index contributed by atoms with van der Waals surface area (Å²) in [6.45, 7) is 2.59. The van der Waals surface area contributed by atoms with Crippen molar-refractivity contribution in [3.05, 3.63) is 64.8 Å². The van der Waals surface area contributed by atoms with E-state index in [0.717, 1.165) is 41.4 Å². The molecule has 0 saturated carbocycles. The first kappa shape index (κ1) is 20.6. The van der Waals surface area contributed by atoms with E-state index in [9.17, 15) is 9.59 Å². The molecule has 1 fully saturated rings. The summed E-state index contributed by atoms with van der Waals surface area (Å²) in [4.78, 5) is 27.0. The molecular formula is C23H23BrN2O4. The van der Waals surface area contributed by atoms with Crippen molar-refractivity contribution in [1.82, 2.24) is 4.90 Å². The highest BCUT2D eigenvalue weighted by atomic mass is 79.9. The molecule has 0 bridgehead atoms. The normalized spacial score (nSPS) is 15.2. The molecule has 7 heteroatoms. The molecule has 1 aromatic heterocycles. The van der Waals surface area contributed by atoms with Crippen LogP contribution in [0.3, 0.4) is 0 Å². The number of nitrogens with zero attached hydrogens (tertiary/aromatic N) is 1. The van der Waals surface area contributed by atoms with E-state index in [0.29, 0.717) is 24.4 Å². The van der Waals surface area contributed by atoms with Gasteiger partial charge in [-0.3, -0.25) is 15.0 Å². The molecule has 1 aliphatic rings. The first-order valence-electron chi connectivity index (χ1n) is 10.0. The van der Waals surface area contributed by atoms with Gasteiger partial charge in [0, 0.05) is 27.9 Å². The molecule has 2 aromatic carbocycles. The Morgan fingerprint density at radius 3 is 2.63 bits per heavy atom. The number of para-hydroxylation sites is 1. The van der Waals surface area contributed by atoms with Gasteiger partial charge < -0.3 is 9.15 Å². The van der Waals surface area contributed by atoms with E-state index in [1.807, 2.05) is 42.5 Å². The molecule has 3 aromatic rings. The number of hydrogen-bond acceptors (Lipinski definition) is 5. The van der Waals surface area contributed by atoms with Crippen LogP contribution in [-0.2, 0) is 4.74 Å². The molecule has 2 heterocycles. The van der Waals surface area contributed by atoms with Gasteiger partial charge in [0.05, 0.1) is 12.0 Å². The number of benzene rings is 2. The summed E-state index contributed by atoms with van der Waals surface area (Å²) < 4.78 is 11.7. The van der Waals surface area contributed by atoms with Gasteiger partial charge in [-0.05, 0) is 50.2 Å². The smallest absolute Gasteiger partial charge is 0.411 e. The number of ether oxygens (including phenoxy) is 1. The Labute approximate surface area is 183 Å². The van der Waals surface area contributed by atoms with Crippen molar-refractivity contribution in [3.8, 4) is 0 Å². The molecule has 1 saturated heterocycles. The van der Waals surface area contributed by atoms with Crippen LogP contribution in [0.4, 0.5) is 10.5 Å². The van der Waals surface area contributed by atoms with Crippen LogP contribution in [-0.4, -0.2) is 43.0 Å². The van der Waals surface area contributed by atoms with E-state index >= 15 is 0 Å². The second-order valence-corrected chi connectivity index (χ2v) is 8.31. The lowest BCUT2D eigenvalue weighted by molar-refractivity contribution is 0.0813. The van der Waals surface area contributed by atoms with Gasteiger partial charge >= 0.3 is 6.09 Å². The number of rotatable bonds is 6. The predicted molar refractivity (Wildman–Crippen MR) is 119 cm³/mol. The molecule has 156 valence electrons. The van der Waals surface area contributed by atoms with E-state index in [1.165, 1.54) is 0 Å². The summed E-state index contributed by atoms with van der Waals surface area (Å²) >= 11 is 3.40. The molecule has 30 heavy (non-hydrogen) atoms. The topological polar surface area (TPSA) is 71.8 Å². The van der Waals surface area contributed by atoms with Crippen LogP contribution in [0.1, 0.15) is 23.2 Å². The average Bonchev–Trinajstić information content (AvgIpc) is 3.24. The Morgan fingerprint density at radius 1 is 1.10 bits per heavy atom. The number of nitrogens with one attached hydrogen (secondary N) is 1. The molecule has 0 unspecified atom stereocenters. The number of furan rings is 1. The minimum Gasteiger partial charge on any atom is -0.462 e. The fraction of sp³-hybridized carbons (Fsp3) is 0.304. The number of Topliss-reactive ketones (excluding diaryl/α,β-unsaturated/α-hetero) is 1. The lowest BCUT2D eigenvalue weighted by Gasteiger charge is -2.31. The number of carbonyl (C=O) groups excluding carboxylic acids is 2. The second-order valence-electron chi connectivity index (χ2n) is 7.39. The van der Waals surface area contributed by atoms with Gasteiger partial charge in [0.2, 0.25) is 0 Å². The van der Waals surface area contributed by atoms with E-state index in [4.69, 9.17) is 9.15 Å². The standard InChI is InChI=1S/C23H23BrN2O4/c24-19-6-4-16(5-7-19)21(27)17-8-11-26(12-9-17)13-15-30-23(28)25-20-3-1-2-18-10-14-29-22(18)20/h1-7,10,14,17H,8-9,11-13,15H2,(H,25,28). The van der Waals surface area contributed by atoms with Gasteiger partial charge in [0.25, 0.3) is 0 Å². The fourth-order valence-electron chi connectivity index (χ4n) is 3.77. The molecule has 0 radical (unpaired) electrons. The zero-order chi connectivity index (χ0) is 20.9. The van der Waals surface area contributed by atoms with Gasteiger partial charge in [0.1, 0.15) is 6.61 Å². The Balaban J connectivity index is 1.19. The first-order valence-corrected chi connectivity index (χ1v) is 10.8. The summed E-state index contributed by atoms with van der Waals surface area (Å²) in [7, 11) is 0. The molecule has 4 rings (SSSR count). The number of piperidine rings is 1. The van der Waals surface area contributed by atoms with Crippen molar-refractivity contribution >= 4 is 44.5 Å². The minimum absolute atomic E-state index is 0.0560. The highest BCUT2D eigenvalue weighted by molar-refractivity contribution is 9.10. The summed E-state index contributed by atoms with van der Waals surface area (Å²) in [5, 5.41) is 3.66. The van der Waals surface area contributed by atoms with Crippen molar-refractivity contribution in [2.75, 3.05) is 31.6 Å². The van der Waals surface area contributed by atoms with Crippen molar-refractivity contribution in [2.24, 2.45) is 5.92 Å². The largest absolute Gasteiger partial charge is 0.462 e. The van der Waals surface area contributed by atoms with Gasteiger partial charge in [-0.2, -0.15) is 0 Å². The molecular weight excluding hydrogens is 448 g/mol. The number of carbonyl (C=O) groups is 2. The van der Waals surface area contributed by atoms with Crippen molar-refractivity contribution in [2.45, 2.75) is 12.8 Å². The highest BCUT2D eigenvalue weighted by Crippen LogP contribution is 2.25. The van der Waals surface area contributed by atoms with Gasteiger partial charge in [0.15, 0.2) is 11.4 Å². The number of anilines is 1. The van der Waals surface area contributed by atoms with Gasteiger partial charge in [-0.1, -0.05) is 40.2 Å². The van der Waals surface area contributed by atoms with Crippen LogP contribution < -0.4 is 5.32 Å². The van der Waals surface area contributed by atoms with E-state index in [2.05, 4.69) is 26.1 Å². The minimum atomic E-state index is -0.501. The molecule has 1 aliphatic heterocycles. The third-order valence-corrected chi connectivity index (χ3v) is 5.97. The van der Waals surface area contributed by atoms with E-state index in [-0.39, 0.29) is 11.7 Å². The zero-order valence-electron chi connectivity index (χ0n) is 16.5. The lowest BCUT2D eigenvalue weighted by Crippen LogP contribution is -2.38. The van der Waals surface area contributed by atoms with Crippen molar-refractivity contribution in [3.63, 3.8) is 0 Å². The molecule has 0 spiro atoms. The van der Waals surface area contributed by atoms with E-state index < -0.39 is 6.09 Å². The van der Waals surface area contributed by atoms with Crippen LogP contribution >= 0.6 is 15.9 Å². The summed E-state index contributed by atoms with van der Waals surface area (Å²) in [6.07, 6.45) is 2.73. The summed E-state index contributed by atoms with van der Waals surface area (Å²) in [5.74, 6) is 0.269. The Bertz CT molecular complexity index is 1020. The van der Waals surface area contributed by atoms with Crippen molar-refractivity contribution < 1.29 is 18.7 Å². The van der Waals surface area contributed by atoms with Gasteiger partial charge in [-0.15, -0.1) is 0 Å². The predicted octanol–water partition coefficient (Wildman–Crippen LogP) is 5.34. The Hall–Kier alpha value is -2.64. The maximum Gasteiger partial charge on any atom is 0.411 e. The quantitative estimate of drug-likeness (QED) is 0.492. The number of likely N-dealkylation sites (tertiary alicyclic amines) is 1. The third-order valence-electron chi connectivity index (χ3n) is 5.44. The van der Waals surface area contributed by atoms with Crippen LogP contribution in [0.5, 0.6) is 0 Å². The van der Waals surface area contributed by atoms with Crippen LogP contribution in [0.2, 0.25) is 0 Å². The molecule has 1 N–H and O–H groups in total. The highest BCUT2D eigenvalue weighted by Gasteiger charge is 2.25. The first-order chi connectivity index (χ1) is 14.6. The monoisotopic (exact) mass is 470 g/mol. The van der Waals surface area contributed by atoms with Crippen LogP contribution in [0.25, 0.3) is 11.0 Å². The second kappa shape index (κ2) is 9.45. The summed E-state index contributed by atoms with van der Waals surface area (Å²) in [6, 6.07) is 14.9. The lowest BCUT2D eigenvalue weighted by atomic mass is 9.89. The third kappa shape index (κ3) is 4.91. The molecule has 1 amide bonds. The summed E-state index contributed by atoms with van der Waals surface area (Å²) in [5.41, 5.74) is 1.99. The maximum absolute atomic E-state index is 12.6. The maximum atomic E-state index is 12.6. The SMILES string of the molecule is O=C(Nc1cccc2ccoc12)OCCN1CCC(C(=O)c2ccc(Br)cc2)CC1. The van der Waals surface area contributed by atoms with Crippen molar-refractivity contribution in [1.29, 1.82) is 0 Å².